The van der Waals surface area contributed by atoms with Gasteiger partial charge in [0.05, 0.1) is 5.69 Å². The summed E-state index contributed by atoms with van der Waals surface area (Å²) in [5.74, 6) is -0.0286. The van der Waals surface area contributed by atoms with Crippen LogP contribution in [0.1, 0.15) is 45.4 Å². The van der Waals surface area contributed by atoms with E-state index in [0.717, 1.165) is 19.3 Å². The van der Waals surface area contributed by atoms with Gasteiger partial charge in [0.1, 0.15) is 11.9 Å². The zero-order valence-corrected chi connectivity index (χ0v) is 16.6. The second kappa shape index (κ2) is 7.76. The summed E-state index contributed by atoms with van der Waals surface area (Å²) in [4.78, 5) is 37.1. The standard InChI is InChI=1S/C22H27FN2O4/c1-13(20(27)29-12-19(26)25-18-5-3-2-4-17(18)23)24-21(28)22-9-14-6-15(10-22)8-16(7-14)11-22/h2-5,13-16H,6-12H2,1H3,(H,24,28)(H,25,26)/t13-,14?,15?,16?,22?/m0/s1. The molecule has 0 aromatic heterocycles. The Morgan fingerprint density at radius 2 is 1.69 bits per heavy atom. The Morgan fingerprint density at radius 3 is 2.28 bits per heavy atom. The molecular weight excluding hydrogens is 375 g/mol. The Morgan fingerprint density at radius 1 is 1.10 bits per heavy atom. The fraction of sp³-hybridized carbons (Fsp3) is 0.591. The van der Waals surface area contributed by atoms with Gasteiger partial charge in [0, 0.05) is 5.41 Å². The number of amides is 2. The first-order valence-corrected chi connectivity index (χ1v) is 10.4. The molecule has 1 aromatic rings. The Kier molecular flexibility index (Phi) is 5.32. The summed E-state index contributed by atoms with van der Waals surface area (Å²) in [6.07, 6.45) is 6.46. The molecule has 0 radical (unpaired) electrons. The first-order chi connectivity index (χ1) is 13.8. The lowest BCUT2D eigenvalue weighted by Crippen LogP contribution is -2.56. The van der Waals surface area contributed by atoms with Gasteiger partial charge >= 0.3 is 5.97 Å². The third-order valence-electron chi connectivity index (χ3n) is 6.71. The van der Waals surface area contributed by atoms with Crippen LogP contribution in [0, 0.1) is 29.0 Å². The van der Waals surface area contributed by atoms with E-state index < -0.39 is 30.3 Å². The van der Waals surface area contributed by atoms with E-state index in [4.69, 9.17) is 4.74 Å². The van der Waals surface area contributed by atoms with Gasteiger partial charge in [-0.15, -0.1) is 0 Å². The molecule has 1 atom stereocenters. The number of ether oxygens (including phenoxy) is 1. The number of halogens is 1. The van der Waals surface area contributed by atoms with Crippen LogP contribution >= 0.6 is 0 Å². The molecule has 6 nitrogen and oxygen atoms in total. The van der Waals surface area contributed by atoms with Crippen LogP contribution in [0.3, 0.4) is 0 Å². The lowest BCUT2D eigenvalue weighted by Gasteiger charge is -2.55. The topological polar surface area (TPSA) is 84.5 Å². The minimum Gasteiger partial charge on any atom is -0.454 e. The number of hydrogen-bond donors (Lipinski definition) is 2. The van der Waals surface area contributed by atoms with Gasteiger partial charge in [0.2, 0.25) is 5.91 Å². The summed E-state index contributed by atoms with van der Waals surface area (Å²) in [6.45, 7) is 1.03. The van der Waals surface area contributed by atoms with E-state index in [1.807, 2.05) is 0 Å². The number of carbonyl (C=O) groups excluding carboxylic acids is 3. The highest BCUT2D eigenvalue weighted by atomic mass is 19.1. The van der Waals surface area contributed by atoms with E-state index in [2.05, 4.69) is 10.6 Å². The Hall–Kier alpha value is -2.44. The van der Waals surface area contributed by atoms with Crippen molar-refractivity contribution < 1.29 is 23.5 Å². The maximum absolute atomic E-state index is 13.6. The quantitative estimate of drug-likeness (QED) is 0.717. The maximum atomic E-state index is 13.6. The van der Waals surface area contributed by atoms with Crippen LogP contribution in [0.5, 0.6) is 0 Å². The number of carbonyl (C=O) groups is 3. The molecule has 0 saturated heterocycles. The lowest BCUT2D eigenvalue weighted by atomic mass is 9.49. The number of benzene rings is 1. The van der Waals surface area contributed by atoms with Crippen LogP contribution in [0.25, 0.3) is 0 Å². The van der Waals surface area contributed by atoms with Gasteiger partial charge in [0.15, 0.2) is 6.61 Å². The van der Waals surface area contributed by atoms with Crippen molar-refractivity contribution >= 4 is 23.5 Å². The fourth-order valence-corrected chi connectivity index (χ4v) is 5.81. The number of esters is 1. The molecule has 4 bridgehead atoms. The molecule has 4 saturated carbocycles. The van der Waals surface area contributed by atoms with E-state index in [1.165, 1.54) is 37.5 Å². The van der Waals surface area contributed by atoms with Gasteiger partial charge in [-0.05, 0) is 75.3 Å². The highest BCUT2D eigenvalue weighted by Crippen LogP contribution is 2.60. The largest absolute Gasteiger partial charge is 0.454 e. The summed E-state index contributed by atoms with van der Waals surface area (Å²) in [5, 5.41) is 5.17. The van der Waals surface area contributed by atoms with Gasteiger partial charge in [0.25, 0.3) is 5.91 Å². The summed E-state index contributed by atoms with van der Waals surface area (Å²) >= 11 is 0. The number of anilines is 1. The van der Waals surface area contributed by atoms with Crippen LogP contribution in [0.2, 0.25) is 0 Å². The third-order valence-corrected chi connectivity index (χ3v) is 6.71. The third kappa shape index (κ3) is 4.14. The molecular formula is C22H27FN2O4. The van der Waals surface area contributed by atoms with Crippen molar-refractivity contribution in [2.24, 2.45) is 23.2 Å². The fourth-order valence-electron chi connectivity index (χ4n) is 5.81. The molecule has 4 fully saturated rings. The molecule has 0 aliphatic heterocycles. The van der Waals surface area contributed by atoms with Crippen molar-refractivity contribution in [1.82, 2.24) is 5.32 Å². The highest BCUT2D eigenvalue weighted by molar-refractivity contribution is 5.94. The van der Waals surface area contributed by atoms with Crippen LogP contribution in [-0.4, -0.2) is 30.4 Å². The van der Waals surface area contributed by atoms with Crippen LogP contribution < -0.4 is 10.6 Å². The molecule has 4 aliphatic rings. The van der Waals surface area contributed by atoms with E-state index in [9.17, 15) is 18.8 Å². The average Bonchev–Trinajstić information content (AvgIpc) is 2.66. The minimum atomic E-state index is -0.836. The number of nitrogens with one attached hydrogen (secondary N) is 2. The number of rotatable bonds is 6. The monoisotopic (exact) mass is 402 g/mol. The summed E-state index contributed by atoms with van der Waals surface area (Å²) in [7, 11) is 0. The van der Waals surface area contributed by atoms with Crippen molar-refractivity contribution in [1.29, 1.82) is 0 Å². The molecule has 4 aliphatic carbocycles. The molecule has 0 heterocycles. The van der Waals surface area contributed by atoms with Crippen molar-refractivity contribution in [3.8, 4) is 0 Å². The lowest BCUT2D eigenvalue weighted by molar-refractivity contribution is -0.154. The Bertz CT molecular complexity index is 790. The van der Waals surface area contributed by atoms with Crippen molar-refractivity contribution in [2.45, 2.75) is 51.5 Å². The van der Waals surface area contributed by atoms with Gasteiger partial charge in [-0.2, -0.15) is 0 Å². The van der Waals surface area contributed by atoms with Crippen LogP contribution in [-0.2, 0) is 19.1 Å². The van der Waals surface area contributed by atoms with Gasteiger partial charge < -0.3 is 15.4 Å². The average molecular weight is 402 g/mol. The smallest absolute Gasteiger partial charge is 0.328 e. The number of para-hydroxylation sites is 1. The molecule has 7 heteroatoms. The summed E-state index contributed by atoms with van der Waals surface area (Å²) in [5.41, 5.74) is -0.317. The SMILES string of the molecule is C[C@H](NC(=O)C12CC3CC(CC(C3)C1)C2)C(=O)OCC(=O)Nc1ccccc1F. The van der Waals surface area contributed by atoms with E-state index in [1.54, 1.807) is 13.0 Å². The second-order valence-electron chi connectivity index (χ2n) is 9.03. The zero-order chi connectivity index (χ0) is 20.6. The molecule has 2 amide bonds. The molecule has 0 unspecified atom stereocenters. The van der Waals surface area contributed by atoms with E-state index in [-0.39, 0.29) is 17.0 Å². The first kappa shape index (κ1) is 19.9. The minimum absolute atomic E-state index is 0.0247. The van der Waals surface area contributed by atoms with Crippen molar-refractivity contribution in [3.63, 3.8) is 0 Å². The van der Waals surface area contributed by atoms with Gasteiger partial charge in [-0.25, -0.2) is 9.18 Å². The molecule has 5 rings (SSSR count). The Labute approximate surface area is 169 Å². The molecule has 29 heavy (non-hydrogen) atoms. The molecule has 2 N–H and O–H groups in total. The Balaban J connectivity index is 1.27. The van der Waals surface area contributed by atoms with Gasteiger partial charge in [-0.1, -0.05) is 12.1 Å². The van der Waals surface area contributed by atoms with Crippen LogP contribution in [0.15, 0.2) is 24.3 Å². The van der Waals surface area contributed by atoms with Crippen molar-refractivity contribution in [2.75, 3.05) is 11.9 Å². The summed E-state index contributed by atoms with van der Waals surface area (Å²) in [6, 6.07) is 4.91. The first-order valence-electron chi connectivity index (χ1n) is 10.4. The predicted molar refractivity (Wildman–Crippen MR) is 104 cm³/mol. The predicted octanol–water partition coefficient (Wildman–Crippen LogP) is 3.03. The molecule has 0 spiro atoms. The normalized spacial score (nSPS) is 30.5. The van der Waals surface area contributed by atoms with Gasteiger partial charge in [-0.3, -0.25) is 9.59 Å². The zero-order valence-electron chi connectivity index (χ0n) is 16.6. The van der Waals surface area contributed by atoms with E-state index in [0.29, 0.717) is 17.8 Å². The van der Waals surface area contributed by atoms with Crippen molar-refractivity contribution in [3.05, 3.63) is 30.1 Å². The number of hydrogen-bond acceptors (Lipinski definition) is 4. The highest BCUT2D eigenvalue weighted by Gasteiger charge is 2.54. The van der Waals surface area contributed by atoms with Crippen LogP contribution in [0.4, 0.5) is 10.1 Å². The molecule has 156 valence electrons. The second-order valence-corrected chi connectivity index (χ2v) is 9.03. The maximum Gasteiger partial charge on any atom is 0.328 e. The molecule has 1 aromatic carbocycles. The van der Waals surface area contributed by atoms with E-state index >= 15 is 0 Å². The summed E-state index contributed by atoms with van der Waals surface area (Å²) < 4.78 is 18.6.